The van der Waals surface area contributed by atoms with Crippen LogP contribution in [-0.4, -0.2) is 57.7 Å². The highest BCUT2D eigenvalue weighted by molar-refractivity contribution is 5.96. The SMILES string of the molecule is Cn1cc([C@H]2CCCN2CC(=O)N2CCNC2=O)cn1. The van der Waals surface area contributed by atoms with Gasteiger partial charge in [-0.25, -0.2) is 4.79 Å². The van der Waals surface area contributed by atoms with Gasteiger partial charge in [-0.05, 0) is 19.4 Å². The van der Waals surface area contributed by atoms with E-state index in [9.17, 15) is 9.59 Å². The van der Waals surface area contributed by atoms with E-state index < -0.39 is 0 Å². The number of hydrogen-bond acceptors (Lipinski definition) is 4. The lowest BCUT2D eigenvalue weighted by Crippen LogP contribution is -2.41. The predicted octanol–water partition coefficient (Wildman–Crippen LogP) is 0.109. The van der Waals surface area contributed by atoms with Crippen molar-refractivity contribution >= 4 is 11.9 Å². The van der Waals surface area contributed by atoms with E-state index in [2.05, 4.69) is 15.3 Å². The van der Waals surface area contributed by atoms with Crippen LogP contribution in [0.15, 0.2) is 12.4 Å². The van der Waals surface area contributed by atoms with Crippen LogP contribution in [0.3, 0.4) is 0 Å². The summed E-state index contributed by atoms with van der Waals surface area (Å²) in [4.78, 5) is 27.2. The summed E-state index contributed by atoms with van der Waals surface area (Å²) in [7, 11) is 1.89. The van der Waals surface area contributed by atoms with E-state index in [0.29, 0.717) is 19.6 Å². The monoisotopic (exact) mass is 277 g/mol. The molecule has 0 aromatic carbocycles. The fourth-order valence-corrected chi connectivity index (χ4v) is 2.97. The Hall–Kier alpha value is -1.89. The Morgan fingerprint density at radius 3 is 3.00 bits per heavy atom. The lowest BCUT2D eigenvalue weighted by molar-refractivity contribution is -0.129. The van der Waals surface area contributed by atoms with E-state index in [1.54, 1.807) is 4.68 Å². The maximum Gasteiger partial charge on any atom is 0.324 e. The first kappa shape index (κ1) is 13.1. The Balaban J connectivity index is 1.67. The molecule has 20 heavy (non-hydrogen) atoms. The van der Waals surface area contributed by atoms with Gasteiger partial charge in [-0.2, -0.15) is 5.10 Å². The molecule has 2 fully saturated rings. The van der Waals surface area contributed by atoms with Gasteiger partial charge in [-0.1, -0.05) is 0 Å². The van der Waals surface area contributed by atoms with Crippen molar-refractivity contribution in [2.45, 2.75) is 18.9 Å². The molecule has 1 atom stereocenters. The molecule has 3 amide bonds. The number of imide groups is 1. The summed E-state index contributed by atoms with van der Waals surface area (Å²) in [5, 5.41) is 6.85. The first-order valence-electron chi connectivity index (χ1n) is 6.96. The number of nitrogens with zero attached hydrogens (tertiary/aromatic N) is 4. The molecule has 108 valence electrons. The van der Waals surface area contributed by atoms with Crippen LogP contribution in [0, 0.1) is 0 Å². The highest BCUT2D eigenvalue weighted by atomic mass is 16.2. The summed E-state index contributed by atoms with van der Waals surface area (Å²) in [6.45, 7) is 2.22. The Labute approximate surface area is 117 Å². The van der Waals surface area contributed by atoms with E-state index in [1.165, 1.54) is 4.90 Å². The Kier molecular flexibility index (Phi) is 3.43. The van der Waals surface area contributed by atoms with Crippen molar-refractivity contribution in [2.24, 2.45) is 7.05 Å². The van der Waals surface area contributed by atoms with Gasteiger partial charge in [-0.15, -0.1) is 0 Å². The van der Waals surface area contributed by atoms with E-state index in [4.69, 9.17) is 0 Å². The first-order chi connectivity index (χ1) is 9.65. The van der Waals surface area contributed by atoms with Gasteiger partial charge < -0.3 is 5.32 Å². The second-order valence-corrected chi connectivity index (χ2v) is 5.35. The molecule has 1 aromatic heterocycles. The summed E-state index contributed by atoms with van der Waals surface area (Å²) in [6, 6.07) is -0.0366. The molecule has 0 saturated carbocycles. The molecule has 7 nitrogen and oxygen atoms in total. The molecule has 2 aliphatic heterocycles. The maximum atomic E-state index is 12.2. The van der Waals surface area contributed by atoms with Crippen LogP contribution in [0.4, 0.5) is 4.79 Å². The van der Waals surface area contributed by atoms with Gasteiger partial charge in [0.15, 0.2) is 0 Å². The van der Waals surface area contributed by atoms with Gasteiger partial charge in [0.1, 0.15) is 0 Å². The minimum atomic E-state index is -0.271. The molecule has 2 aliphatic rings. The summed E-state index contributed by atoms with van der Waals surface area (Å²) in [5.74, 6) is -0.115. The summed E-state index contributed by atoms with van der Waals surface area (Å²) >= 11 is 0. The second-order valence-electron chi connectivity index (χ2n) is 5.35. The quantitative estimate of drug-likeness (QED) is 0.851. The van der Waals surface area contributed by atoms with Crippen LogP contribution in [-0.2, 0) is 11.8 Å². The number of aryl methyl sites for hydroxylation is 1. The zero-order valence-electron chi connectivity index (χ0n) is 11.6. The van der Waals surface area contributed by atoms with Gasteiger partial charge in [0.25, 0.3) is 0 Å². The largest absolute Gasteiger partial charge is 0.336 e. The summed E-state index contributed by atoms with van der Waals surface area (Å²) < 4.78 is 1.78. The minimum absolute atomic E-state index is 0.115. The van der Waals surface area contributed by atoms with Crippen molar-refractivity contribution in [3.63, 3.8) is 0 Å². The van der Waals surface area contributed by atoms with E-state index in [1.807, 2.05) is 19.4 Å². The molecule has 3 rings (SSSR count). The number of hydrogen-bond donors (Lipinski definition) is 1. The van der Waals surface area contributed by atoms with Gasteiger partial charge >= 0.3 is 6.03 Å². The highest BCUT2D eigenvalue weighted by Crippen LogP contribution is 2.31. The molecular formula is C13H19N5O2. The molecule has 0 spiro atoms. The molecule has 0 radical (unpaired) electrons. The lowest BCUT2D eigenvalue weighted by Gasteiger charge is -2.24. The van der Waals surface area contributed by atoms with E-state index in [-0.39, 0.29) is 18.0 Å². The number of nitrogens with one attached hydrogen (secondary N) is 1. The van der Waals surface area contributed by atoms with Crippen LogP contribution in [0.2, 0.25) is 0 Å². The number of likely N-dealkylation sites (tertiary alicyclic amines) is 1. The number of rotatable bonds is 3. The van der Waals surface area contributed by atoms with Gasteiger partial charge in [0.05, 0.1) is 12.7 Å². The van der Waals surface area contributed by atoms with Crippen LogP contribution >= 0.6 is 0 Å². The van der Waals surface area contributed by atoms with Gasteiger partial charge in [0.2, 0.25) is 5.91 Å². The van der Waals surface area contributed by atoms with Crippen LogP contribution in [0.5, 0.6) is 0 Å². The fraction of sp³-hybridized carbons (Fsp3) is 0.615. The topological polar surface area (TPSA) is 70.5 Å². The second kappa shape index (κ2) is 5.24. The molecule has 1 aromatic rings. The molecule has 0 unspecified atom stereocenters. The Bertz CT molecular complexity index is 527. The standard InChI is InChI=1S/C13H19N5O2/c1-16-8-10(7-15-16)11-3-2-5-17(11)9-12(19)18-6-4-14-13(18)20/h7-8,11H,2-6,9H2,1H3,(H,14,20)/t11-/m1/s1. The molecular weight excluding hydrogens is 258 g/mol. The smallest absolute Gasteiger partial charge is 0.324 e. The fourth-order valence-electron chi connectivity index (χ4n) is 2.97. The lowest BCUT2D eigenvalue weighted by atomic mass is 10.1. The van der Waals surface area contributed by atoms with E-state index in [0.717, 1.165) is 24.9 Å². The van der Waals surface area contributed by atoms with Gasteiger partial charge in [0, 0.05) is 37.9 Å². The third-order valence-corrected chi connectivity index (χ3v) is 3.97. The normalized spacial score (nSPS) is 23.4. The Morgan fingerprint density at radius 1 is 1.50 bits per heavy atom. The van der Waals surface area contributed by atoms with Crippen molar-refractivity contribution in [1.82, 2.24) is 24.9 Å². The number of aromatic nitrogens is 2. The van der Waals surface area contributed by atoms with Crippen LogP contribution in [0.25, 0.3) is 0 Å². The molecule has 3 heterocycles. The third kappa shape index (κ3) is 2.40. The molecule has 0 bridgehead atoms. The average molecular weight is 277 g/mol. The molecule has 0 aliphatic carbocycles. The molecule has 2 saturated heterocycles. The van der Waals surface area contributed by atoms with Crippen molar-refractivity contribution < 1.29 is 9.59 Å². The number of amides is 3. The van der Waals surface area contributed by atoms with E-state index >= 15 is 0 Å². The van der Waals surface area contributed by atoms with Crippen molar-refractivity contribution in [1.29, 1.82) is 0 Å². The highest BCUT2D eigenvalue weighted by Gasteiger charge is 2.32. The summed E-state index contributed by atoms with van der Waals surface area (Å²) in [5.41, 5.74) is 1.14. The molecule has 7 heteroatoms. The number of carbonyl (C=O) groups excluding carboxylic acids is 2. The van der Waals surface area contributed by atoms with Crippen LogP contribution in [0.1, 0.15) is 24.4 Å². The zero-order chi connectivity index (χ0) is 14.1. The van der Waals surface area contributed by atoms with Crippen molar-refractivity contribution in [3.8, 4) is 0 Å². The minimum Gasteiger partial charge on any atom is -0.336 e. The first-order valence-corrected chi connectivity index (χ1v) is 6.96. The zero-order valence-corrected chi connectivity index (χ0v) is 11.6. The predicted molar refractivity (Wildman–Crippen MR) is 71.9 cm³/mol. The average Bonchev–Trinajstić information content (AvgIpc) is 3.10. The number of carbonyl (C=O) groups is 2. The van der Waals surface area contributed by atoms with Crippen molar-refractivity contribution in [2.75, 3.05) is 26.2 Å². The van der Waals surface area contributed by atoms with Gasteiger partial charge in [-0.3, -0.25) is 19.3 Å². The Morgan fingerprint density at radius 2 is 2.35 bits per heavy atom. The number of urea groups is 1. The van der Waals surface area contributed by atoms with Crippen molar-refractivity contribution in [3.05, 3.63) is 18.0 Å². The maximum absolute atomic E-state index is 12.2. The third-order valence-electron chi connectivity index (χ3n) is 3.97. The molecule has 1 N–H and O–H groups in total. The summed E-state index contributed by atoms with van der Waals surface area (Å²) in [6.07, 6.45) is 5.95. The van der Waals surface area contributed by atoms with Crippen LogP contribution < -0.4 is 5.32 Å².